The molecule has 0 heterocycles. The first kappa shape index (κ1) is 14.2. The Morgan fingerprint density at radius 2 is 1.60 bits per heavy atom. The average Bonchev–Trinajstić information content (AvgIpc) is 2.48. The van der Waals surface area contributed by atoms with E-state index in [0.29, 0.717) is 5.56 Å². The fourth-order valence-corrected chi connectivity index (χ4v) is 1.96. The molecule has 0 aromatic heterocycles. The summed E-state index contributed by atoms with van der Waals surface area (Å²) in [7, 11) is 0. The number of phenolic OH excluding ortho intramolecular Hbond substituents is 3. The van der Waals surface area contributed by atoms with E-state index in [0.717, 1.165) is 5.56 Å². The SMILES string of the molecule is OC[C@H](NCc1ccc(O)c(O)c1O)c1ccccc1. The minimum Gasteiger partial charge on any atom is -0.504 e. The number of nitrogens with one attached hydrogen (secondary N) is 1. The number of aliphatic hydroxyl groups is 1. The van der Waals surface area contributed by atoms with Gasteiger partial charge in [-0.15, -0.1) is 0 Å². The minimum atomic E-state index is -0.537. The molecule has 5 N–H and O–H groups in total. The second kappa shape index (κ2) is 6.27. The lowest BCUT2D eigenvalue weighted by molar-refractivity contribution is 0.243. The fraction of sp³-hybridized carbons (Fsp3) is 0.200. The Kier molecular flexibility index (Phi) is 4.45. The quantitative estimate of drug-likeness (QED) is 0.535. The smallest absolute Gasteiger partial charge is 0.200 e. The summed E-state index contributed by atoms with van der Waals surface area (Å²) < 4.78 is 0. The van der Waals surface area contributed by atoms with E-state index >= 15 is 0 Å². The molecule has 2 aromatic carbocycles. The summed E-state index contributed by atoms with van der Waals surface area (Å²) in [6.07, 6.45) is 0. The van der Waals surface area contributed by atoms with E-state index in [4.69, 9.17) is 0 Å². The van der Waals surface area contributed by atoms with Gasteiger partial charge in [0.2, 0.25) is 5.75 Å². The van der Waals surface area contributed by atoms with Crippen molar-refractivity contribution in [3.8, 4) is 17.2 Å². The van der Waals surface area contributed by atoms with Crippen molar-refractivity contribution in [2.45, 2.75) is 12.6 Å². The molecule has 0 aliphatic heterocycles. The molecule has 0 bridgehead atoms. The van der Waals surface area contributed by atoms with Crippen LogP contribution in [-0.2, 0) is 6.54 Å². The molecule has 0 radical (unpaired) electrons. The van der Waals surface area contributed by atoms with Gasteiger partial charge >= 0.3 is 0 Å². The normalized spacial score (nSPS) is 12.2. The maximum atomic E-state index is 9.72. The molecule has 2 rings (SSSR count). The number of aromatic hydroxyl groups is 3. The van der Waals surface area contributed by atoms with Gasteiger partial charge in [0.1, 0.15) is 0 Å². The van der Waals surface area contributed by atoms with E-state index in [9.17, 15) is 20.4 Å². The van der Waals surface area contributed by atoms with Gasteiger partial charge in [0.25, 0.3) is 0 Å². The number of rotatable bonds is 5. The summed E-state index contributed by atoms with van der Waals surface area (Å²) in [5.74, 6) is -1.26. The molecule has 5 nitrogen and oxygen atoms in total. The van der Waals surface area contributed by atoms with Crippen LogP contribution < -0.4 is 5.32 Å². The van der Waals surface area contributed by atoms with Crippen molar-refractivity contribution in [2.24, 2.45) is 0 Å². The Labute approximate surface area is 116 Å². The van der Waals surface area contributed by atoms with Gasteiger partial charge in [-0.3, -0.25) is 0 Å². The van der Waals surface area contributed by atoms with Crippen molar-refractivity contribution < 1.29 is 20.4 Å². The van der Waals surface area contributed by atoms with Crippen LogP contribution in [0.2, 0.25) is 0 Å². The van der Waals surface area contributed by atoms with Crippen molar-refractivity contribution in [3.05, 3.63) is 53.6 Å². The lowest BCUT2D eigenvalue weighted by Crippen LogP contribution is -2.23. The van der Waals surface area contributed by atoms with Gasteiger partial charge in [-0.1, -0.05) is 36.4 Å². The third kappa shape index (κ3) is 3.01. The van der Waals surface area contributed by atoms with Crippen molar-refractivity contribution in [2.75, 3.05) is 6.61 Å². The van der Waals surface area contributed by atoms with Crippen LogP contribution in [0.25, 0.3) is 0 Å². The minimum absolute atomic E-state index is 0.0885. The van der Waals surface area contributed by atoms with Crippen molar-refractivity contribution in [1.82, 2.24) is 5.32 Å². The second-order valence-electron chi connectivity index (χ2n) is 4.47. The van der Waals surface area contributed by atoms with Crippen molar-refractivity contribution in [3.63, 3.8) is 0 Å². The summed E-state index contributed by atoms with van der Waals surface area (Å²) in [5.41, 5.74) is 1.37. The van der Waals surface area contributed by atoms with Crippen LogP contribution in [0.4, 0.5) is 0 Å². The van der Waals surface area contributed by atoms with E-state index in [1.54, 1.807) is 0 Å². The fourth-order valence-electron chi connectivity index (χ4n) is 1.96. The van der Waals surface area contributed by atoms with Gasteiger partial charge in [-0.25, -0.2) is 0 Å². The highest BCUT2D eigenvalue weighted by Gasteiger charge is 2.13. The van der Waals surface area contributed by atoms with Crippen LogP contribution in [-0.4, -0.2) is 27.0 Å². The molecule has 1 atom stereocenters. The first-order chi connectivity index (χ1) is 9.63. The first-order valence-electron chi connectivity index (χ1n) is 6.25. The maximum absolute atomic E-state index is 9.72. The molecule has 0 aliphatic carbocycles. The Morgan fingerprint density at radius 1 is 0.900 bits per heavy atom. The van der Waals surface area contributed by atoms with Crippen LogP contribution in [0.5, 0.6) is 17.2 Å². The number of hydrogen-bond acceptors (Lipinski definition) is 5. The number of benzene rings is 2. The van der Waals surface area contributed by atoms with Gasteiger partial charge in [-0.2, -0.15) is 0 Å². The average molecular weight is 275 g/mol. The molecule has 106 valence electrons. The highest BCUT2D eigenvalue weighted by molar-refractivity contribution is 5.53. The topological polar surface area (TPSA) is 93.0 Å². The highest BCUT2D eigenvalue weighted by Crippen LogP contribution is 2.37. The Hall–Kier alpha value is -2.24. The Bertz CT molecular complexity index is 572. The molecule has 2 aromatic rings. The van der Waals surface area contributed by atoms with Gasteiger partial charge in [0, 0.05) is 12.1 Å². The molecule has 0 spiro atoms. The molecular formula is C15H17NO4. The zero-order valence-electron chi connectivity index (χ0n) is 10.8. The van der Waals surface area contributed by atoms with E-state index in [2.05, 4.69) is 5.32 Å². The predicted octanol–water partition coefficient (Wildman–Crippen LogP) is 1.63. The maximum Gasteiger partial charge on any atom is 0.200 e. The number of aliphatic hydroxyl groups excluding tert-OH is 1. The summed E-state index contributed by atoms with van der Waals surface area (Å²) in [6, 6.07) is 12.0. The van der Waals surface area contributed by atoms with Gasteiger partial charge in [0.05, 0.1) is 12.6 Å². The number of phenols is 3. The molecule has 20 heavy (non-hydrogen) atoms. The lowest BCUT2D eigenvalue weighted by atomic mass is 10.1. The highest BCUT2D eigenvalue weighted by atomic mass is 16.3. The zero-order valence-corrected chi connectivity index (χ0v) is 10.8. The van der Waals surface area contributed by atoms with Crippen LogP contribution in [0.3, 0.4) is 0 Å². The molecule has 5 heteroatoms. The van der Waals surface area contributed by atoms with Crippen molar-refractivity contribution in [1.29, 1.82) is 0 Å². The molecule has 0 amide bonds. The molecular weight excluding hydrogens is 258 g/mol. The molecule has 0 fully saturated rings. The van der Waals surface area contributed by atoms with Crippen LogP contribution in [0, 0.1) is 0 Å². The molecule has 0 saturated heterocycles. The molecule has 0 aliphatic rings. The Morgan fingerprint density at radius 3 is 2.25 bits per heavy atom. The summed E-state index contributed by atoms with van der Waals surface area (Å²) in [6.45, 7) is 0.161. The van der Waals surface area contributed by atoms with Crippen LogP contribution in [0.1, 0.15) is 17.2 Å². The van der Waals surface area contributed by atoms with Crippen LogP contribution in [0.15, 0.2) is 42.5 Å². The summed E-state index contributed by atoms with van der Waals surface area (Å²) >= 11 is 0. The second-order valence-corrected chi connectivity index (χ2v) is 4.47. The van der Waals surface area contributed by atoms with E-state index < -0.39 is 5.75 Å². The first-order valence-corrected chi connectivity index (χ1v) is 6.25. The van der Waals surface area contributed by atoms with E-state index in [1.165, 1.54) is 12.1 Å². The summed E-state index contributed by atoms with van der Waals surface area (Å²) in [5, 5.41) is 40.9. The monoisotopic (exact) mass is 275 g/mol. The van der Waals surface area contributed by atoms with Gasteiger partial charge in [-0.05, 0) is 11.6 Å². The van der Waals surface area contributed by atoms with Crippen molar-refractivity contribution >= 4 is 0 Å². The van der Waals surface area contributed by atoms with Gasteiger partial charge in [0.15, 0.2) is 11.5 Å². The van der Waals surface area contributed by atoms with Gasteiger partial charge < -0.3 is 25.7 Å². The Balaban J connectivity index is 2.10. The summed E-state index contributed by atoms with van der Waals surface area (Å²) in [4.78, 5) is 0. The van der Waals surface area contributed by atoms with E-state index in [-0.39, 0.29) is 30.7 Å². The predicted molar refractivity (Wildman–Crippen MR) is 74.5 cm³/mol. The third-order valence-corrected chi connectivity index (χ3v) is 3.14. The molecule has 0 saturated carbocycles. The van der Waals surface area contributed by atoms with E-state index in [1.807, 2.05) is 30.3 Å². The lowest BCUT2D eigenvalue weighted by Gasteiger charge is -2.17. The molecule has 0 unspecified atom stereocenters. The third-order valence-electron chi connectivity index (χ3n) is 3.14. The number of hydrogen-bond donors (Lipinski definition) is 5. The van der Waals surface area contributed by atoms with Crippen LogP contribution >= 0.6 is 0 Å². The largest absolute Gasteiger partial charge is 0.504 e. The zero-order chi connectivity index (χ0) is 14.5. The standard InChI is InChI=1S/C15H17NO4/c17-9-12(10-4-2-1-3-5-10)16-8-11-6-7-13(18)15(20)14(11)19/h1-7,12,16-20H,8-9H2/t12-/m0/s1.